The molecule has 0 fully saturated rings. The third-order valence-corrected chi connectivity index (χ3v) is 6.54. The van der Waals surface area contributed by atoms with Crippen LogP contribution in [0.3, 0.4) is 0 Å². The molecule has 0 saturated heterocycles. The SMILES string of the molecule is CC[C@H](c1nnnn1Cc1ccccc1)N(Cc1ccco1)Cc1cc2cc(C)cc(C)c2[nH]c1=O. The molecule has 0 aliphatic heterocycles. The van der Waals surface area contributed by atoms with Crippen LogP contribution in [0.2, 0.25) is 0 Å². The van der Waals surface area contributed by atoms with E-state index in [-0.39, 0.29) is 11.6 Å². The number of aromatic nitrogens is 5. The third-order valence-electron chi connectivity index (χ3n) is 6.54. The molecular weight excluding hydrogens is 452 g/mol. The van der Waals surface area contributed by atoms with Crippen LogP contribution in [0.25, 0.3) is 10.9 Å². The van der Waals surface area contributed by atoms with Crippen LogP contribution in [0, 0.1) is 13.8 Å². The van der Waals surface area contributed by atoms with E-state index in [1.807, 2.05) is 48.0 Å². The molecule has 0 aliphatic carbocycles. The highest BCUT2D eigenvalue weighted by Crippen LogP contribution is 2.27. The first-order valence-corrected chi connectivity index (χ1v) is 12.2. The summed E-state index contributed by atoms with van der Waals surface area (Å²) in [5.41, 5.74) is 4.84. The average molecular weight is 483 g/mol. The number of fused-ring (bicyclic) bond motifs is 1. The van der Waals surface area contributed by atoms with Gasteiger partial charge in [-0.3, -0.25) is 9.69 Å². The molecule has 8 nitrogen and oxygen atoms in total. The van der Waals surface area contributed by atoms with Crippen molar-refractivity contribution >= 4 is 10.9 Å². The van der Waals surface area contributed by atoms with E-state index < -0.39 is 0 Å². The average Bonchev–Trinajstić information content (AvgIpc) is 3.54. The first kappa shape index (κ1) is 23.7. The van der Waals surface area contributed by atoms with E-state index in [1.165, 1.54) is 0 Å². The van der Waals surface area contributed by atoms with Crippen LogP contribution in [0.15, 0.2) is 76.1 Å². The second-order valence-corrected chi connectivity index (χ2v) is 9.26. The minimum Gasteiger partial charge on any atom is -0.468 e. The van der Waals surface area contributed by atoms with Crippen molar-refractivity contribution in [1.82, 2.24) is 30.1 Å². The lowest BCUT2D eigenvalue weighted by Gasteiger charge is -2.29. The predicted octanol–water partition coefficient (Wildman–Crippen LogP) is 4.93. The molecule has 3 aromatic heterocycles. The van der Waals surface area contributed by atoms with Crippen LogP contribution < -0.4 is 5.56 Å². The summed E-state index contributed by atoms with van der Waals surface area (Å²) >= 11 is 0. The summed E-state index contributed by atoms with van der Waals surface area (Å²) in [7, 11) is 0. The molecule has 0 bridgehead atoms. The summed E-state index contributed by atoms with van der Waals surface area (Å²) < 4.78 is 7.53. The highest BCUT2D eigenvalue weighted by atomic mass is 16.3. The van der Waals surface area contributed by atoms with Gasteiger partial charge in [-0.25, -0.2) is 4.68 Å². The molecular formula is C28H30N6O2. The van der Waals surface area contributed by atoms with Crippen molar-refractivity contribution in [2.24, 2.45) is 0 Å². The Bertz CT molecular complexity index is 1500. The molecule has 0 aliphatic rings. The maximum Gasteiger partial charge on any atom is 0.252 e. The van der Waals surface area contributed by atoms with Crippen molar-refractivity contribution in [3.63, 3.8) is 0 Å². The number of hydrogen-bond donors (Lipinski definition) is 1. The van der Waals surface area contributed by atoms with Gasteiger partial charge in [0.25, 0.3) is 5.56 Å². The first-order chi connectivity index (χ1) is 17.5. The van der Waals surface area contributed by atoms with E-state index in [2.05, 4.69) is 63.5 Å². The van der Waals surface area contributed by atoms with Crippen LogP contribution >= 0.6 is 0 Å². The molecule has 0 radical (unpaired) electrons. The topological polar surface area (TPSA) is 92.8 Å². The summed E-state index contributed by atoms with van der Waals surface area (Å²) in [6.07, 6.45) is 2.43. The maximum atomic E-state index is 13.2. The van der Waals surface area contributed by atoms with E-state index in [9.17, 15) is 4.79 Å². The molecule has 0 unspecified atom stereocenters. The molecule has 36 heavy (non-hydrogen) atoms. The van der Waals surface area contributed by atoms with Crippen LogP contribution in [0.5, 0.6) is 0 Å². The zero-order valence-electron chi connectivity index (χ0n) is 20.8. The number of benzene rings is 2. The zero-order valence-corrected chi connectivity index (χ0v) is 20.8. The van der Waals surface area contributed by atoms with E-state index >= 15 is 0 Å². The van der Waals surface area contributed by atoms with Gasteiger partial charge >= 0.3 is 0 Å². The minimum atomic E-state index is -0.122. The van der Waals surface area contributed by atoms with Gasteiger partial charge in [-0.1, -0.05) is 48.9 Å². The summed E-state index contributed by atoms with van der Waals surface area (Å²) in [4.78, 5) is 18.5. The van der Waals surface area contributed by atoms with E-state index in [4.69, 9.17) is 4.42 Å². The van der Waals surface area contributed by atoms with E-state index in [0.29, 0.717) is 25.2 Å². The predicted molar refractivity (Wildman–Crippen MR) is 138 cm³/mol. The van der Waals surface area contributed by atoms with Gasteiger partial charge in [0.15, 0.2) is 5.82 Å². The molecule has 5 aromatic rings. The van der Waals surface area contributed by atoms with Crippen LogP contribution in [0.4, 0.5) is 0 Å². The van der Waals surface area contributed by atoms with Gasteiger partial charge in [-0.15, -0.1) is 5.10 Å². The lowest BCUT2D eigenvalue weighted by molar-refractivity contribution is 0.149. The lowest BCUT2D eigenvalue weighted by Crippen LogP contribution is -2.32. The van der Waals surface area contributed by atoms with Crippen molar-refractivity contribution in [3.05, 3.63) is 111 Å². The molecule has 3 heterocycles. The summed E-state index contributed by atoms with van der Waals surface area (Å²) in [5.74, 6) is 1.58. The Morgan fingerprint density at radius 1 is 1.06 bits per heavy atom. The summed E-state index contributed by atoms with van der Waals surface area (Å²) in [5, 5.41) is 13.7. The largest absolute Gasteiger partial charge is 0.468 e. The van der Waals surface area contributed by atoms with Gasteiger partial charge < -0.3 is 9.40 Å². The number of hydrogen-bond acceptors (Lipinski definition) is 6. The smallest absolute Gasteiger partial charge is 0.252 e. The Hall–Kier alpha value is -4.04. The molecule has 0 amide bonds. The fraction of sp³-hybridized carbons (Fsp3) is 0.286. The van der Waals surface area contributed by atoms with Crippen LogP contribution in [-0.2, 0) is 19.6 Å². The van der Waals surface area contributed by atoms with Crippen molar-refractivity contribution in [3.8, 4) is 0 Å². The Morgan fingerprint density at radius 2 is 1.89 bits per heavy atom. The normalized spacial score (nSPS) is 12.4. The molecule has 5 rings (SSSR count). The van der Waals surface area contributed by atoms with Crippen molar-refractivity contribution in [1.29, 1.82) is 0 Å². The molecule has 2 aromatic carbocycles. The number of tetrazole rings is 1. The third kappa shape index (κ3) is 4.99. The number of rotatable bonds is 9. The molecule has 184 valence electrons. The number of H-pyrrole nitrogens is 1. The van der Waals surface area contributed by atoms with Gasteiger partial charge in [0.05, 0.1) is 30.9 Å². The van der Waals surface area contributed by atoms with Crippen LogP contribution in [0.1, 0.15) is 53.2 Å². The van der Waals surface area contributed by atoms with Crippen molar-refractivity contribution < 1.29 is 4.42 Å². The number of furan rings is 1. The molecule has 1 N–H and O–H groups in total. The monoisotopic (exact) mass is 482 g/mol. The molecule has 1 atom stereocenters. The Morgan fingerprint density at radius 3 is 2.64 bits per heavy atom. The quantitative estimate of drug-likeness (QED) is 0.320. The van der Waals surface area contributed by atoms with Gasteiger partial charge in [0.1, 0.15) is 5.76 Å². The summed E-state index contributed by atoms with van der Waals surface area (Å²) in [6, 6.07) is 20.0. The van der Waals surface area contributed by atoms with Gasteiger partial charge in [0, 0.05) is 12.1 Å². The minimum absolute atomic E-state index is 0.0855. The second-order valence-electron chi connectivity index (χ2n) is 9.26. The van der Waals surface area contributed by atoms with Gasteiger partial charge in [-0.2, -0.15) is 0 Å². The van der Waals surface area contributed by atoms with Gasteiger partial charge in [-0.05, 0) is 71.5 Å². The number of pyridine rings is 1. The number of nitrogens with zero attached hydrogens (tertiary/aromatic N) is 5. The lowest BCUT2D eigenvalue weighted by atomic mass is 10.0. The maximum absolute atomic E-state index is 13.2. The first-order valence-electron chi connectivity index (χ1n) is 12.2. The summed E-state index contributed by atoms with van der Waals surface area (Å²) in [6.45, 7) is 7.72. The fourth-order valence-electron chi connectivity index (χ4n) is 4.87. The van der Waals surface area contributed by atoms with E-state index in [0.717, 1.165) is 45.6 Å². The molecule has 8 heteroatoms. The highest BCUT2D eigenvalue weighted by Gasteiger charge is 2.27. The Labute approximate surface area is 209 Å². The zero-order chi connectivity index (χ0) is 25.1. The molecule has 0 spiro atoms. The van der Waals surface area contributed by atoms with E-state index in [1.54, 1.807) is 6.26 Å². The fourth-order valence-corrected chi connectivity index (χ4v) is 4.87. The highest BCUT2D eigenvalue weighted by molar-refractivity contribution is 5.82. The van der Waals surface area contributed by atoms with Crippen molar-refractivity contribution in [2.75, 3.05) is 0 Å². The molecule has 0 saturated carbocycles. The van der Waals surface area contributed by atoms with Crippen LogP contribution in [-0.4, -0.2) is 30.1 Å². The van der Waals surface area contributed by atoms with Gasteiger partial charge in [0.2, 0.25) is 0 Å². The van der Waals surface area contributed by atoms with Crippen molar-refractivity contribution in [2.45, 2.75) is 52.9 Å². The second kappa shape index (κ2) is 10.3. The number of nitrogens with one attached hydrogen (secondary N) is 1. The number of aryl methyl sites for hydroxylation is 2. The standard InChI is InChI=1S/C28H30N6O2/c1-4-25(27-30-31-32-34(27)16-21-9-6-5-7-10-21)33(18-24-11-8-12-36-24)17-23-15-22-14-19(2)13-20(3)26(22)29-28(23)35/h5-15,25H,4,16-18H2,1-3H3,(H,29,35)/t25-/m1/s1. The number of aromatic amines is 1. The Balaban J connectivity index is 1.52. The Kier molecular flexibility index (Phi) is 6.77.